The molecule has 0 saturated carbocycles. The lowest BCUT2D eigenvalue weighted by atomic mass is 10.0. The molecule has 0 radical (unpaired) electrons. The van der Waals surface area contributed by atoms with Gasteiger partial charge < -0.3 is 10.2 Å². The summed E-state index contributed by atoms with van der Waals surface area (Å²) in [5, 5.41) is 3.38. The highest BCUT2D eigenvalue weighted by Crippen LogP contribution is 2.27. The van der Waals surface area contributed by atoms with E-state index in [1.54, 1.807) is 23.9 Å². The molecule has 5 heteroatoms. The first-order chi connectivity index (χ1) is 9.72. The van der Waals surface area contributed by atoms with Crippen molar-refractivity contribution in [3.8, 4) is 0 Å². The summed E-state index contributed by atoms with van der Waals surface area (Å²) in [7, 11) is 0. The van der Waals surface area contributed by atoms with Crippen LogP contribution in [0.2, 0.25) is 0 Å². The molecule has 20 heavy (non-hydrogen) atoms. The first kappa shape index (κ1) is 13.9. The Morgan fingerprint density at radius 1 is 1.25 bits per heavy atom. The van der Waals surface area contributed by atoms with Crippen LogP contribution in [0.5, 0.6) is 0 Å². The number of likely N-dealkylation sites (tertiary alicyclic amines) is 1. The summed E-state index contributed by atoms with van der Waals surface area (Å²) < 4.78 is 12.8. The SMILES string of the molecule is O=C(CCSc1ccc(F)cc1)N1C[C@H]2CNC[C@H]2C1. The zero-order valence-electron chi connectivity index (χ0n) is 11.3. The number of halogens is 1. The zero-order chi connectivity index (χ0) is 13.9. The van der Waals surface area contributed by atoms with Crippen molar-refractivity contribution in [3.05, 3.63) is 30.1 Å². The van der Waals surface area contributed by atoms with Gasteiger partial charge in [0.15, 0.2) is 0 Å². The van der Waals surface area contributed by atoms with E-state index in [0.29, 0.717) is 18.3 Å². The van der Waals surface area contributed by atoms with Crippen molar-refractivity contribution in [3.63, 3.8) is 0 Å². The van der Waals surface area contributed by atoms with E-state index in [1.165, 1.54) is 12.1 Å². The molecule has 2 fully saturated rings. The predicted octanol–water partition coefficient (Wildman–Crippen LogP) is 1.99. The van der Waals surface area contributed by atoms with Gasteiger partial charge in [0.2, 0.25) is 5.91 Å². The average molecular weight is 294 g/mol. The molecule has 2 aliphatic heterocycles. The molecule has 3 rings (SSSR count). The lowest BCUT2D eigenvalue weighted by molar-refractivity contribution is -0.129. The molecule has 2 aliphatic rings. The molecule has 3 nitrogen and oxygen atoms in total. The third-order valence-corrected chi connectivity index (χ3v) is 5.15. The summed E-state index contributed by atoms with van der Waals surface area (Å²) >= 11 is 1.61. The number of carbonyl (C=O) groups is 1. The van der Waals surface area contributed by atoms with Crippen LogP contribution in [0.4, 0.5) is 4.39 Å². The van der Waals surface area contributed by atoms with Crippen molar-refractivity contribution in [2.45, 2.75) is 11.3 Å². The average Bonchev–Trinajstić information content (AvgIpc) is 3.02. The maximum absolute atomic E-state index is 12.8. The smallest absolute Gasteiger partial charge is 0.223 e. The van der Waals surface area contributed by atoms with E-state index < -0.39 is 0 Å². The van der Waals surface area contributed by atoms with E-state index in [4.69, 9.17) is 0 Å². The van der Waals surface area contributed by atoms with Gasteiger partial charge in [-0.15, -0.1) is 11.8 Å². The molecule has 2 saturated heterocycles. The maximum Gasteiger partial charge on any atom is 0.223 e. The second-order valence-corrected chi connectivity index (χ2v) is 6.70. The van der Waals surface area contributed by atoms with E-state index in [9.17, 15) is 9.18 Å². The Kier molecular flexibility index (Phi) is 4.27. The highest BCUT2D eigenvalue weighted by molar-refractivity contribution is 7.99. The van der Waals surface area contributed by atoms with E-state index in [1.807, 2.05) is 4.90 Å². The quantitative estimate of drug-likeness (QED) is 0.862. The van der Waals surface area contributed by atoms with Gasteiger partial charge in [0.25, 0.3) is 0 Å². The Morgan fingerprint density at radius 2 is 1.90 bits per heavy atom. The first-order valence-electron chi connectivity index (χ1n) is 7.09. The van der Waals surface area contributed by atoms with Gasteiger partial charge in [-0.3, -0.25) is 4.79 Å². The molecule has 0 bridgehead atoms. The molecular formula is C15H19FN2OS. The molecule has 0 unspecified atom stereocenters. The fraction of sp³-hybridized carbons (Fsp3) is 0.533. The van der Waals surface area contributed by atoms with Crippen molar-refractivity contribution >= 4 is 17.7 Å². The Labute approximate surface area is 122 Å². The molecule has 2 atom stereocenters. The summed E-state index contributed by atoms with van der Waals surface area (Å²) in [6.45, 7) is 3.94. The number of fused-ring (bicyclic) bond motifs is 1. The van der Waals surface area contributed by atoms with Crippen molar-refractivity contribution in [1.29, 1.82) is 0 Å². The highest BCUT2D eigenvalue weighted by Gasteiger charge is 2.37. The van der Waals surface area contributed by atoms with Crippen molar-refractivity contribution < 1.29 is 9.18 Å². The number of rotatable bonds is 4. The second-order valence-electron chi connectivity index (χ2n) is 5.53. The topological polar surface area (TPSA) is 32.3 Å². The largest absolute Gasteiger partial charge is 0.342 e. The van der Waals surface area contributed by atoms with Crippen molar-refractivity contribution in [1.82, 2.24) is 10.2 Å². The summed E-state index contributed by atoms with van der Waals surface area (Å²) in [6, 6.07) is 6.43. The molecule has 1 amide bonds. The molecule has 0 aromatic heterocycles. The van der Waals surface area contributed by atoms with E-state index in [-0.39, 0.29) is 11.7 Å². The van der Waals surface area contributed by atoms with Gasteiger partial charge in [-0.1, -0.05) is 0 Å². The monoisotopic (exact) mass is 294 g/mol. The zero-order valence-corrected chi connectivity index (χ0v) is 12.2. The summed E-state index contributed by atoms with van der Waals surface area (Å²) in [6.07, 6.45) is 0.564. The van der Waals surface area contributed by atoms with Gasteiger partial charge in [-0.05, 0) is 36.1 Å². The molecule has 1 aromatic rings. The maximum atomic E-state index is 12.8. The number of hydrogen-bond acceptors (Lipinski definition) is 3. The van der Waals surface area contributed by atoms with Crippen LogP contribution in [0.25, 0.3) is 0 Å². The van der Waals surface area contributed by atoms with E-state index in [0.717, 1.165) is 36.8 Å². The molecule has 1 aromatic carbocycles. The van der Waals surface area contributed by atoms with Gasteiger partial charge in [-0.2, -0.15) is 0 Å². The highest BCUT2D eigenvalue weighted by atomic mass is 32.2. The minimum Gasteiger partial charge on any atom is -0.342 e. The molecule has 0 spiro atoms. The number of thioether (sulfide) groups is 1. The molecule has 1 N–H and O–H groups in total. The molecular weight excluding hydrogens is 275 g/mol. The van der Waals surface area contributed by atoms with E-state index in [2.05, 4.69) is 5.32 Å². The normalized spacial score (nSPS) is 24.9. The Bertz CT molecular complexity index is 467. The Balaban J connectivity index is 1.42. The van der Waals surface area contributed by atoms with Gasteiger partial charge in [0.1, 0.15) is 5.82 Å². The minimum absolute atomic E-state index is 0.220. The number of hydrogen-bond donors (Lipinski definition) is 1. The standard InChI is InChI=1S/C15H19FN2OS/c16-13-1-3-14(4-2-13)20-6-5-15(19)18-9-11-7-17-8-12(11)10-18/h1-4,11-12,17H,5-10H2/t11-,12+. The fourth-order valence-corrected chi connectivity index (χ4v) is 3.85. The van der Waals surface area contributed by atoms with Crippen LogP contribution in [0.15, 0.2) is 29.2 Å². The van der Waals surface area contributed by atoms with Crippen LogP contribution >= 0.6 is 11.8 Å². The summed E-state index contributed by atoms with van der Waals surface area (Å²) in [4.78, 5) is 15.2. The Morgan fingerprint density at radius 3 is 2.55 bits per heavy atom. The van der Waals surface area contributed by atoms with Gasteiger partial charge in [0, 0.05) is 43.2 Å². The number of nitrogens with one attached hydrogen (secondary N) is 1. The van der Waals surface area contributed by atoms with Gasteiger partial charge in [-0.25, -0.2) is 4.39 Å². The fourth-order valence-electron chi connectivity index (χ4n) is 3.00. The number of benzene rings is 1. The minimum atomic E-state index is -0.220. The van der Waals surface area contributed by atoms with Crippen LogP contribution in [0.3, 0.4) is 0 Å². The van der Waals surface area contributed by atoms with Crippen molar-refractivity contribution in [2.24, 2.45) is 11.8 Å². The number of nitrogens with zero attached hydrogens (tertiary/aromatic N) is 1. The lowest BCUT2D eigenvalue weighted by Gasteiger charge is -2.17. The number of amides is 1. The Hall–Kier alpha value is -1.07. The van der Waals surface area contributed by atoms with Gasteiger partial charge in [0.05, 0.1) is 0 Å². The summed E-state index contributed by atoms with van der Waals surface area (Å²) in [5.41, 5.74) is 0. The third-order valence-electron chi connectivity index (χ3n) is 4.14. The lowest BCUT2D eigenvalue weighted by Crippen LogP contribution is -2.32. The van der Waals surface area contributed by atoms with Crippen molar-refractivity contribution in [2.75, 3.05) is 31.9 Å². The van der Waals surface area contributed by atoms with Crippen LogP contribution < -0.4 is 5.32 Å². The molecule has 0 aliphatic carbocycles. The van der Waals surface area contributed by atoms with E-state index >= 15 is 0 Å². The first-order valence-corrected chi connectivity index (χ1v) is 8.08. The van der Waals surface area contributed by atoms with Crippen LogP contribution in [0, 0.1) is 17.7 Å². The second kappa shape index (κ2) is 6.14. The summed E-state index contributed by atoms with van der Waals surface area (Å²) in [5.74, 6) is 2.11. The van der Waals surface area contributed by atoms with Gasteiger partial charge >= 0.3 is 0 Å². The number of carbonyl (C=O) groups excluding carboxylic acids is 1. The van der Waals surface area contributed by atoms with Crippen LogP contribution in [-0.4, -0.2) is 42.7 Å². The third kappa shape index (κ3) is 3.15. The van der Waals surface area contributed by atoms with Crippen LogP contribution in [0.1, 0.15) is 6.42 Å². The molecule has 2 heterocycles. The predicted molar refractivity (Wildman–Crippen MR) is 78.2 cm³/mol. The van der Waals surface area contributed by atoms with Crippen LogP contribution in [-0.2, 0) is 4.79 Å². The molecule has 108 valence electrons.